The third-order valence-corrected chi connectivity index (χ3v) is 3.29. The Bertz CT molecular complexity index is 783. The van der Waals surface area contributed by atoms with E-state index in [2.05, 4.69) is 20.9 Å². The van der Waals surface area contributed by atoms with Crippen LogP contribution in [0.2, 0.25) is 0 Å². The quantitative estimate of drug-likeness (QED) is 0.742. The minimum Gasteiger partial charge on any atom is -0.369 e. The molecule has 0 aliphatic rings. The summed E-state index contributed by atoms with van der Waals surface area (Å²) in [4.78, 5) is 4.16. The van der Waals surface area contributed by atoms with Gasteiger partial charge in [-0.2, -0.15) is 0 Å². The fourth-order valence-corrected chi connectivity index (χ4v) is 2.34. The Hall–Kier alpha value is -1.95. The van der Waals surface area contributed by atoms with Gasteiger partial charge in [-0.05, 0) is 30.3 Å². The molecular formula is C13H8BrF2N3. The maximum Gasteiger partial charge on any atom is 0.206 e. The molecule has 1 aromatic heterocycles. The average molecular weight is 324 g/mol. The molecule has 6 heteroatoms. The number of fused-ring (bicyclic) bond motifs is 1. The zero-order valence-corrected chi connectivity index (χ0v) is 11.2. The van der Waals surface area contributed by atoms with E-state index in [1.165, 1.54) is 16.7 Å². The zero-order valence-electron chi connectivity index (χ0n) is 9.57. The van der Waals surface area contributed by atoms with Crippen molar-refractivity contribution in [3.05, 3.63) is 52.5 Å². The van der Waals surface area contributed by atoms with E-state index >= 15 is 0 Å². The molecule has 0 radical (unpaired) electrons. The number of hydrogen-bond acceptors (Lipinski definition) is 2. The molecule has 2 N–H and O–H groups in total. The van der Waals surface area contributed by atoms with Crippen LogP contribution in [0.25, 0.3) is 16.7 Å². The van der Waals surface area contributed by atoms with Crippen LogP contribution in [0.1, 0.15) is 0 Å². The van der Waals surface area contributed by atoms with E-state index in [1.807, 2.05) is 0 Å². The Morgan fingerprint density at radius 3 is 2.63 bits per heavy atom. The number of hydrogen-bond donors (Lipinski definition) is 1. The molecule has 0 spiro atoms. The lowest BCUT2D eigenvalue weighted by atomic mass is 10.2. The minimum absolute atomic E-state index is 0.151. The molecule has 0 saturated heterocycles. The van der Waals surface area contributed by atoms with E-state index in [1.54, 1.807) is 18.2 Å². The number of rotatable bonds is 1. The van der Waals surface area contributed by atoms with Gasteiger partial charge in [-0.25, -0.2) is 13.8 Å². The molecule has 0 unspecified atom stereocenters. The largest absolute Gasteiger partial charge is 0.369 e. The van der Waals surface area contributed by atoms with Crippen molar-refractivity contribution < 1.29 is 8.78 Å². The van der Waals surface area contributed by atoms with Gasteiger partial charge in [-0.1, -0.05) is 15.9 Å². The van der Waals surface area contributed by atoms with Crippen LogP contribution in [0, 0.1) is 11.6 Å². The smallest absolute Gasteiger partial charge is 0.206 e. The van der Waals surface area contributed by atoms with E-state index in [-0.39, 0.29) is 11.6 Å². The van der Waals surface area contributed by atoms with E-state index in [4.69, 9.17) is 5.73 Å². The van der Waals surface area contributed by atoms with Crippen molar-refractivity contribution in [2.24, 2.45) is 0 Å². The lowest BCUT2D eigenvalue weighted by Crippen LogP contribution is -2.03. The van der Waals surface area contributed by atoms with Gasteiger partial charge in [0.25, 0.3) is 0 Å². The van der Waals surface area contributed by atoms with Crippen LogP contribution < -0.4 is 5.73 Å². The predicted octanol–water partition coefficient (Wildman–Crippen LogP) is 3.65. The van der Waals surface area contributed by atoms with Crippen LogP contribution >= 0.6 is 15.9 Å². The number of imidazole rings is 1. The number of aromatic nitrogens is 2. The SMILES string of the molecule is Nc1nc2cc(Br)ccc2n1-c1ccc(F)cc1F. The number of halogens is 3. The van der Waals surface area contributed by atoms with Crippen LogP contribution in [0.4, 0.5) is 14.7 Å². The summed E-state index contributed by atoms with van der Waals surface area (Å²) in [5, 5.41) is 0. The maximum atomic E-state index is 13.8. The second-order valence-electron chi connectivity index (χ2n) is 4.03. The van der Waals surface area contributed by atoms with Crippen LogP contribution in [0.15, 0.2) is 40.9 Å². The molecule has 19 heavy (non-hydrogen) atoms. The third kappa shape index (κ3) is 1.98. The molecule has 0 amide bonds. The first-order chi connectivity index (χ1) is 9.06. The normalized spacial score (nSPS) is 11.1. The van der Waals surface area contributed by atoms with Gasteiger partial charge in [-0.3, -0.25) is 4.57 Å². The van der Waals surface area contributed by atoms with Gasteiger partial charge in [0.2, 0.25) is 5.95 Å². The summed E-state index contributed by atoms with van der Waals surface area (Å²) < 4.78 is 29.1. The first-order valence-electron chi connectivity index (χ1n) is 5.45. The van der Waals surface area contributed by atoms with Crippen molar-refractivity contribution >= 4 is 32.9 Å². The molecule has 2 aromatic carbocycles. The van der Waals surface area contributed by atoms with Gasteiger partial charge in [0.1, 0.15) is 11.6 Å². The molecule has 0 atom stereocenters. The first-order valence-corrected chi connectivity index (χ1v) is 6.24. The monoisotopic (exact) mass is 323 g/mol. The van der Waals surface area contributed by atoms with Gasteiger partial charge < -0.3 is 5.73 Å². The van der Waals surface area contributed by atoms with E-state index < -0.39 is 11.6 Å². The molecule has 96 valence electrons. The average Bonchev–Trinajstić information content (AvgIpc) is 2.65. The second kappa shape index (κ2) is 4.31. The van der Waals surface area contributed by atoms with Crippen molar-refractivity contribution in [2.75, 3.05) is 5.73 Å². The van der Waals surface area contributed by atoms with Gasteiger partial charge in [0.15, 0.2) is 0 Å². The molecular weight excluding hydrogens is 316 g/mol. The van der Waals surface area contributed by atoms with Crippen LogP contribution in [0.5, 0.6) is 0 Å². The van der Waals surface area contributed by atoms with Crippen molar-refractivity contribution in [1.82, 2.24) is 9.55 Å². The fourth-order valence-electron chi connectivity index (χ4n) is 1.99. The fraction of sp³-hybridized carbons (Fsp3) is 0. The summed E-state index contributed by atoms with van der Waals surface area (Å²) in [5.74, 6) is -1.17. The van der Waals surface area contributed by atoms with Gasteiger partial charge >= 0.3 is 0 Å². The molecule has 0 saturated carbocycles. The highest BCUT2D eigenvalue weighted by Gasteiger charge is 2.14. The number of nitrogen functional groups attached to an aromatic ring is 1. The Morgan fingerprint density at radius 1 is 1.11 bits per heavy atom. The minimum atomic E-state index is -0.686. The lowest BCUT2D eigenvalue weighted by Gasteiger charge is -2.07. The second-order valence-corrected chi connectivity index (χ2v) is 4.95. The van der Waals surface area contributed by atoms with Gasteiger partial charge in [0, 0.05) is 10.5 Å². The van der Waals surface area contributed by atoms with Gasteiger partial charge in [-0.15, -0.1) is 0 Å². The molecule has 0 aliphatic carbocycles. The number of nitrogens with two attached hydrogens (primary N) is 1. The molecule has 3 nitrogen and oxygen atoms in total. The summed E-state index contributed by atoms with van der Waals surface area (Å²) in [7, 11) is 0. The van der Waals surface area contributed by atoms with E-state index in [9.17, 15) is 8.78 Å². The molecule has 3 rings (SSSR count). The Kier molecular flexibility index (Phi) is 2.74. The lowest BCUT2D eigenvalue weighted by molar-refractivity contribution is 0.579. The summed E-state index contributed by atoms with van der Waals surface area (Å²) in [5.41, 5.74) is 7.28. The zero-order chi connectivity index (χ0) is 13.6. The van der Waals surface area contributed by atoms with Gasteiger partial charge in [0.05, 0.1) is 16.7 Å². The highest BCUT2D eigenvalue weighted by Crippen LogP contribution is 2.27. The topological polar surface area (TPSA) is 43.8 Å². The van der Waals surface area contributed by atoms with E-state index in [0.717, 1.165) is 10.5 Å². The molecule has 0 fully saturated rings. The number of anilines is 1. The van der Waals surface area contributed by atoms with Crippen LogP contribution in [-0.4, -0.2) is 9.55 Å². The standard InChI is InChI=1S/C13H8BrF2N3/c14-7-1-3-12-10(5-7)18-13(17)19(12)11-4-2-8(15)6-9(11)16/h1-6H,(H2,17,18). The summed E-state index contributed by atoms with van der Waals surface area (Å²) in [6, 6.07) is 8.70. The van der Waals surface area contributed by atoms with E-state index in [0.29, 0.717) is 11.0 Å². The Balaban J connectivity index is 2.33. The highest BCUT2D eigenvalue weighted by molar-refractivity contribution is 9.10. The summed E-state index contributed by atoms with van der Waals surface area (Å²) in [6.07, 6.45) is 0. The van der Waals surface area contributed by atoms with Crippen molar-refractivity contribution in [1.29, 1.82) is 0 Å². The highest BCUT2D eigenvalue weighted by atomic mass is 79.9. The Morgan fingerprint density at radius 2 is 1.89 bits per heavy atom. The molecule has 3 aromatic rings. The van der Waals surface area contributed by atoms with Crippen molar-refractivity contribution in [2.45, 2.75) is 0 Å². The van der Waals surface area contributed by atoms with Crippen molar-refractivity contribution in [3.8, 4) is 5.69 Å². The Labute approximate surface area is 115 Å². The third-order valence-electron chi connectivity index (χ3n) is 2.79. The predicted molar refractivity (Wildman–Crippen MR) is 73.1 cm³/mol. The first kappa shape index (κ1) is 12.1. The molecule has 0 aliphatic heterocycles. The molecule has 0 bridgehead atoms. The molecule has 1 heterocycles. The summed E-state index contributed by atoms with van der Waals surface area (Å²) in [6.45, 7) is 0. The van der Waals surface area contributed by atoms with Crippen LogP contribution in [-0.2, 0) is 0 Å². The van der Waals surface area contributed by atoms with Crippen LogP contribution in [0.3, 0.4) is 0 Å². The number of nitrogens with zero attached hydrogens (tertiary/aromatic N) is 2. The number of benzene rings is 2. The maximum absolute atomic E-state index is 13.8. The summed E-state index contributed by atoms with van der Waals surface area (Å²) >= 11 is 3.33. The van der Waals surface area contributed by atoms with Crippen molar-refractivity contribution in [3.63, 3.8) is 0 Å².